The maximum Gasteiger partial charge on any atom is 0.0849 e. The second kappa shape index (κ2) is 6.49. The lowest BCUT2D eigenvalue weighted by atomic mass is 9.83. The predicted octanol–water partition coefficient (Wildman–Crippen LogP) is 5.44. The van der Waals surface area contributed by atoms with Crippen molar-refractivity contribution in [3.05, 3.63) is 35.4 Å². The van der Waals surface area contributed by atoms with Crippen LogP contribution in [0.15, 0.2) is 24.3 Å². The van der Waals surface area contributed by atoms with E-state index >= 15 is 0 Å². The zero-order valence-electron chi connectivity index (χ0n) is 12.4. The fourth-order valence-corrected chi connectivity index (χ4v) is 4.14. The van der Waals surface area contributed by atoms with Crippen molar-refractivity contribution in [3.8, 4) is 0 Å². The standard InChI is InChI=1S/C18H25ClO/c1-13-11-12-20-18(13)17(19)16-9-7-15(8-10-16)14-5-3-2-4-6-14/h7-10,13-14,17-18H,2-6,11-12H2,1H3. The van der Waals surface area contributed by atoms with Gasteiger partial charge in [0.2, 0.25) is 0 Å². The van der Waals surface area contributed by atoms with Gasteiger partial charge in [0, 0.05) is 6.61 Å². The lowest BCUT2D eigenvalue weighted by Crippen LogP contribution is -2.19. The van der Waals surface area contributed by atoms with E-state index in [1.807, 2.05) is 0 Å². The van der Waals surface area contributed by atoms with Gasteiger partial charge in [-0.2, -0.15) is 0 Å². The van der Waals surface area contributed by atoms with Crippen LogP contribution in [0.4, 0.5) is 0 Å². The molecular weight excluding hydrogens is 268 g/mol. The van der Waals surface area contributed by atoms with E-state index in [0.717, 1.165) is 18.9 Å². The van der Waals surface area contributed by atoms with Gasteiger partial charge in [0.1, 0.15) is 0 Å². The van der Waals surface area contributed by atoms with Crippen LogP contribution in [-0.2, 0) is 4.74 Å². The molecule has 1 saturated carbocycles. The minimum Gasteiger partial charge on any atom is -0.376 e. The molecule has 0 radical (unpaired) electrons. The zero-order valence-corrected chi connectivity index (χ0v) is 13.1. The molecule has 3 atom stereocenters. The van der Waals surface area contributed by atoms with E-state index in [1.165, 1.54) is 43.2 Å². The van der Waals surface area contributed by atoms with Gasteiger partial charge in [-0.25, -0.2) is 0 Å². The average Bonchev–Trinajstić information content (AvgIpc) is 2.94. The lowest BCUT2D eigenvalue weighted by Gasteiger charge is -2.24. The fourth-order valence-electron chi connectivity index (χ4n) is 3.67. The Morgan fingerprint density at radius 3 is 2.35 bits per heavy atom. The number of rotatable bonds is 3. The van der Waals surface area contributed by atoms with Gasteiger partial charge in [-0.05, 0) is 42.2 Å². The van der Waals surface area contributed by atoms with Gasteiger partial charge >= 0.3 is 0 Å². The summed E-state index contributed by atoms with van der Waals surface area (Å²) in [4.78, 5) is 0. The molecule has 2 fully saturated rings. The van der Waals surface area contributed by atoms with Crippen LogP contribution in [0.2, 0.25) is 0 Å². The monoisotopic (exact) mass is 292 g/mol. The number of benzene rings is 1. The first kappa shape index (κ1) is 14.4. The van der Waals surface area contributed by atoms with Crippen molar-refractivity contribution in [2.45, 2.75) is 62.8 Å². The first-order chi connectivity index (χ1) is 9.75. The summed E-state index contributed by atoms with van der Waals surface area (Å²) < 4.78 is 5.80. The van der Waals surface area contributed by atoms with Crippen LogP contribution in [0.25, 0.3) is 0 Å². The normalized spacial score (nSPS) is 29.5. The van der Waals surface area contributed by atoms with Crippen molar-refractivity contribution >= 4 is 11.6 Å². The molecule has 3 unspecified atom stereocenters. The summed E-state index contributed by atoms with van der Waals surface area (Å²) >= 11 is 6.62. The molecule has 1 aliphatic heterocycles. The van der Waals surface area contributed by atoms with Crippen LogP contribution in [0.3, 0.4) is 0 Å². The number of ether oxygens (including phenoxy) is 1. The molecule has 0 spiro atoms. The summed E-state index contributed by atoms with van der Waals surface area (Å²) in [6.45, 7) is 3.10. The van der Waals surface area contributed by atoms with Crippen molar-refractivity contribution in [1.29, 1.82) is 0 Å². The van der Waals surface area contributed by atoms with Crippen molar-refractivity contribution in [2.24, 2.45) is 5.92 Å². The van der Waals surface area contributed by atoms with E-state index in [4.69, 9.17) is 16.3 Å². The van der Waals surface area contributed by atoms with Crippen LogP contribution in [-0.4, -0.2) is 12.7 Å². The SMILES string of the molecule is CC1CCOC1C(Cl)c1ccc(C2CCCCC2)cc1. The number of halogens is 1. The fraction of sp³-hybridized carbons (Fsp3) is 0.667. The van der Waals surface area contributed by atoms with Gasteiger partial charge < -0.3 is 4.74 Å². The number of hydrogen-bond acceptors (Lipinski definition) is 1. The Labute approximate surface area is 127 Å². The molecule has 2 aliphatic rings. The van der Waals surface area contributed by atoms with Crippen LogP contribution in [0, 0.1) is 5.92 Å². The summed E-state index contributed by atoms with van der Waals surface area (Å²) in [6, 6.07) is 9.02. The van der Waals surface area contributed by atoms with E-state index in [2.05, 4.69) is 31.2 Å². The van der Waals surface area contributed by atoms with Crippen LogP contribution < -0.4 is 0 Å². The summed E-state index contributed by atoms with van der Waals surface area (Å²) in [5.41, 5.74) is 2.71. The van der Waals surface area contributed by atoms with Crippen LogP contribution in [0.1, 0.15) is 67.9 Å². The molecule has 1 aliphatic carbocycles. The van der Waals surface area contributed by atoms with Gasteiger partial charge in [-0.3, -0.25) is 0 Å². The molecule has 3 rings (SSSR count). The largest absolute Gasteiger partial charge is 0.376 e. The van der Waals surface area contributed by atoms with E-state index in [-0.39, 0.29) is 11.5 Å². The minimum atomic E-state index is -0.00657. The predicted molar refractivity (Wildman–Crippen MR) is 84.4 cm³/mol. The maximum atomic E-state index is 6.62. The van der Waals surface area contributed by atoms with Crippen molar-refractivity contribution in [3.63, 3.8) is 0 Å². The van der Waals surface area contributed by atoms with E-state index < -0.39 is 0 Å². The smallest absolute Gasteiger partial charge is 0.0849 e. The molecule has 1 heterocycles. The lowest BCUT2D eigenvalue weighted by molar-refractivity contribution is 0.0903. The molecule has 0 N–H and O–H groups in total. The molecule has 110 valence electrons. The topological polar surface area (TPSA) is 9.23 Å². The molecule has 1 aromatic rings. The molecule has 1 nitrogen and oxygen atoms in total. The first-order valence-electron chi connectivity index (χ1n) is 8.11. The molecule has 0 amide bonds. The molecule has 2 heteroatoms. The Morgan fingerprint density at radius 2 is 1.75 bits per heavy atom. The van der Waals surface area contributed by atoms with Gasteiger partial charge in [-0.1, -0.05) is 50.5 Å². The number of hydrogen-bond donors (Lipinski definition) is 0. The summed E-state index contributed by atoms with van der Waals surface area (Å²) in [7, 11) is 0. The van der Waals surface area contributed by atoms with Crippen molar-refractivity contribution in [2.75, 3.05) is 6.61 Å². The maximum absolute atomic E-state index is 6.62. The Bertz CT molecular complexity index is 422. The number of alkyl halides is 1. The average molecular weight is 293 g/mol. The van der Waals surface area contributed by atoms with Crippen molar-refractivity contribution in [1.82, 2.24) is 0 Å². The molecule has 0 aromatic heterocycles. The van der Waals surface area contributed by atoms with E-state index in [1.54, 1.807) is 0 Å². The summed E-state index contributed by atoms with van der Waals surface area (Å²) in [5.74, 6) is 1.34. The third kappa shape index (κ3) is 3.04. The van der Waals surface area contributed by atoms with Crippen LogP contribution in [0.5, 0.6) is 0 Å². The second-order valence-corrected chi connectivity index (χ2v) is 6.97. The van der Waals surface area contributed by atoms with Crippen molar-refractivity contribution < 1.29 is 4.74 Å². The first-order valence-corrected chi connectivity index (χ1v) is 8.55. The van der Waals surface area contributed by atoms with E-state index in [9.17, 15) is 0 Å². The Balaban J connectivity index is 1.68. The minimum absolute atomic E-state index is 0.00657. The third-order valence-electron chi connectivity index (χ3n) is 5.06. The quantitative estimate of drug-likeness (QED) is 0.674. The Hall–Kier alpha value is -0.530. The summed E-state index contributed by atoms with van der Waals surface area (Å²) in [6.07, 6.45) is 8.20. The molecule has 1 saturated heterocycles. The van der Waals surface area contributed by atoms with Gasteiger partial charge in [0.25, 0.3) is 0 Å². The molecular formula is C18H25ClO. The molecule has 0 bridgehead atoms. The Kier molecular flexibility index (Phi) is 4.68. The third-order valence-corrected chi connectivity index (χ3v) is 5.56. The zero-order chi connectivity index (χ0) is 13.9. The highest BCUT2D eigenvalue weighted by molar-refractivity contribution is 6.21. The van der Waals surface area contributed by atoms with Gasteiger partial charge in [0.05, 0.1) is 11.5 Å². The summed E-state index contributed by atoms with van der Waals surface area (Å²) in [5, 5.41) is -0.00657. The molecule has 1 aromatic carbocycles. The highest BCUT2D eigenvalue weighted by Gasteiger charge is 2.31. The van der Waals surface area contributed by atoms with Gasteiger partial charge in [0.15, 0.2) is 0 Å². The highest BCUT2D eigenvalue weighted by atomic mass is 35.5. The van der Waals surface area contributed by atoms with Gasteiger partial charge in [-0.15, -0.1) is 11.6 Å². The van der Waals surface area contributed by atoms with Crippen LogP contribution >= 0.6 is 11.6 Å². The Morgan fingerprint density at radius 1 is 1.05 bits per heavy atom. The van der Waals surface area contributed by atoms with E-state index in [0.29, 0.717) is 5.92 Å². The highest BCUT2D eigenvalue weighted by Crippen LogP contribution is 2.37. The second-order valence-electron chi connectivity index (χ2n) is 6.50. The molecule has 20 heavy (non-hydrogen) atoms.